The molecule has 1 aliphatic carbocycles. The number of halogens is 1. The molecular weight excluding hydrogens is 208 g/mol. The van der Waals surface area contributed by atoms with Crippen molar-refractivity contribution in [3.8, 4) is 0 Å². The Labute approximate surface area is 96.1 Å². The van der Waals surface area contributed by atoms with Gasteiger partial charge in [-0.1, -0.05) is 36.2 Å². The largest absolute Gasteiger partial charge is 0.393 e. The van der Waals surface area contributed by atoms with Gasteiger partial charge in [0.25, 0.3) is 0 Å². The Balaban J connectivity index is 1.99. The van der Waals surface area contributed by atoms with E-state index in [0.717, 1.165) is 30.7 Å². The van der Waals surface area contributed by atoms with Gasteiger partial charge in [0.15, 0.2) is 0 Å². The molecule has 1 aromatic carbocycles. The van der Waals surface area contributed by atoms with Crippen LogP contribution in [0.5, 0.6) is 0 Å². The SMILES string of the molecule is OC1CCCC(Cc2ccccc2Cl)C1. The van der Waals surface area contributed by atoms with Gasteiger partial charge in [-0.15, -0.1) is 0 Å². The van der Waals surface area contributed by atoms with Crippen LogP contribution in [0.4, 0.5) is 0 Å². The van der Waals surface area contributed by atoms with Crippen LogP contribution >= 0.6 is 11.6 Å². The molecular formula is C13H17ClO. The topological polar surface area (TPSA) is 20.2 Å². The van der Waals surface area contributed by atoms with Gasteiger partial charge in [-0.25, -0.2) is 0 Å². The highest BCUT2D eigenvalue weighted by Gasteiger charge is 2.20. The molecule has 0 spiro atoms. The lowest BCUT2D eigenvalue weighted by Crippen LogP contribution is -2.21. The molecule has 2 unspecified atom stereocenters. The number of aliphatic hydroxyl groups is 1. The average Bonchev–Trinajstić information content (AvgIpc) is 2.22. The maximum absolute atomic E-state index is 9.59. The minimum absolute atomic E-state index is 0.0914. The van der Waals surface area contributed by atoms with E-state index < -0.39 is 0 Å². The van der Waals surface area contributed by atoms with Crippen molar-refractivity contribution in [1.29, 1.82) is 0 Å². The maximum atomic E-state index is 9.59. The molecule has 1 saturated carbocycles. The Morgan fingerprint density at radius 2 is 2.07 bits per heavy atom. The normalized spacial score (nSPS) is 26.5. The van der Waals surface area contributed by atoms with Gasteiger partial charge >= 0.3 is 0 Å². The molecule has 1 nitrogen and oxygen atoms in total. The van der Waals surface area contributed by atoms with Gasteiger partial charge in [0.1, 0.15) is 0 Å². The van der Waals surface area contributed by atoms with Crippen molar-refractivity contribution in [2.24, 2.45) is 5.92 Å². The van der Waals surface area contributed by atoms with Crippen molar-refractivity contribution in [3.05, 3.63) is 34.9 Å². The Kier molecular flexibility index (Phi) is 3.66. The van der Waals surface area contributed by atoms with Crippen LogP contribution in [-0.2, 0) is 6.42 Å². The van der Waals surface area contributed by atoms with Gasteiger partial charge in [0.05, 0.1) is 6.10 Å². The first kappa shape index (κ1) is 11.0. The van der Waals surface area contributed by atoms with Crippen LogP contribution in [-0.4, -0.2) is 11.2 Å². The summed E-state index contributed by atoms with van der Waals surface area (Å²) in [6.45, 7) is 0. The standard InChI is InChI=1S/C13H17ClO/c14-13-7-2-1-5-11(13)8-10-4-3-6-12(15)9-10/h1-2,5,7,10,12,15H,3-4,6,8-9H2. The fourth-order valence-corrected chi connectivity index (χ4v) is 2.64. The molecule has 0 aliphatic heterocycles. The zero-order chi connectivity index (χ0) is 10.7. The molecule has 82 valence electrons. The van der Waals surface area contributed by atoms with Crippen LogP contribution in [0.25, 0.3) is 0 Å². The Hall–Kier alpha value is -0.530. The fourth-order valence-electron chi connectivity index (χ4n) is 2.42. The lowest BCUT2D eigenvalue weighted by molar-refractivity contribution is 0.101. The summed E-state index contributed by atoms with van der Waals surface area (Å²) in [4.78, 5) is 0. The van der Waals surface area contributed by atoms with Crippen LogP contribution in [0.2, 0.25) is 5.02 Å². The highest BCUT2D eigenvalue weighted by atomic mass is 35.5. The van der Waals surface area contributed by atoms with E-state index in [0.29, 0.717) is 5.92 Å². The van der Waals surface area contributed by atoms with Crippen molar-refractivity contribution in [2.75, 3.05) is 0 Å². The van der Waals surface area contributed by atoms with Gasteiger partial charge in [0, 0.05) is 5.02 Å². The number of rotatable bonds is 2. The van der Waals surface area contributed by atoms with E-state index in [1.165, 1.54) is 12.0 Å². The molecule has 0 amide bonds. The van der Waals surface area contributed by atoms with Crippen molar-refractivity contribution in [1.82, 2.24) is 0 Å². The molecule has 2 heteroatoms. The quantitative estimate of drug-likeness (QED) is 0.816. The highest BCUT2D eigenvalue weighted by molar-refractivity contribution is 6.31. The molecule has 2 atom stereocenters. The second-order valence-electron chi connectivity index (χ2n) is 4.48. The van der Waals surface area contributed by atoms with Crippen molar-refractivity contribution in [2.45, 2.75) is 38.2 Å². The maximum Gasteiger partial charge on any atom is 0.0543 e. The molecule has 0 radical (unpaired) electrons. The van der Waals surface area contributed by atoms with E-state index in [4.69, 9.17) is 11.6 Å². The highest BCUT2D eigenvalue weighted by Crippen LogP contribution is 2.29. The van der Waals surface area contributed by atoms with E-state index in [1.54, 1.807) is 0 Å². The summed E-state index contributed by atoms with van der Waals surface area (Å²) in [5.74, 6) is 0.605. The molecule has 0 bridgehead atoms. The third kappa shape index (κ3) is 2.96. The van der Waals surface area contributed by atoms with Crippen LogP contribution in [0.1, 0.15) is 31.2 Å². The molecule has 1 aromatic rings. The van der Waals surface area contributed by atoms with Crippen LogP contribution in [0.15, 0.2) is 24.3 Å². The first-order valence-electron chi connectivity index (χ1n) is 5.67. The number of benzene rings is 1. The van der Waals surface area contributed by atoms with Gasteiger partial charge in [-0.2, -0.15) is 0 Å². The minimum Gasteiger partial charge on any atom is -0.393 e. The Morgan fingerprint density at radius 1 is 1.27 bits per heavy atom. The van der Waals surface area contributed by atoms with E-state index in [9.17, 15) is 5.11 Å². The van der Waals surface area contributed by atoms with Gasteiger partial charge in [-0.3, -0.25) is 0 Å². The molecule has 0 aromatic heterocycles. The summed E-state index contributed by atoms with van der Waals surface area (Å²) in [6, 6.07) is 8.02. The predicted octanol–water partition coefficient (Wildman–Crippen LogP) is 3.43. The Morgan fingerprint density at radius 3 is 2.80 bits per heavy atom. The summed E-state index contributed by atoms with van der Waals surface area (Å²) >= 11 is 6.12. The first-order valence-corrected chi connectivity index (χ1v) is 6.05. The van der Waals surface area contributed by atoms with E-state index in [2.05, 4.69) is 6.07 Å². The summed E-state index contributed by atoms with van der Waals surface area (Å²) in [6.07, 6.45) is 5.20. The fraction of sp³-hybridized carbons (Fsp3) is 0.538. The second kappa shape index (κ2) is 5.00. The van der Waals surface area contributed by atoms with Crippen molar-refractivity contribution in [3.63, 3.8) is 0 Å². The third-order valence-electron chi connectivity index (χ3n) is 3.22. The third-order valence-corrected chi connectivity index (χ3v) is 3.59. The minimum atomic E-state index is -0.0914. The zero-order valence-corrected chi connectivity index (χ0v) is 9.58. The summed E-state index contributed by atoms with van der Waals surface area (Å²) < 4.78 is 0. The van der Waals surface area contributed by atoms with Crippen LogP contribution in [0, 0.1) is 5.92 Å². The van der Waals surface area contributed by atoms with E-state index in [-0.39, 0.29) is 6.10 Å². The van der Waals surface area contributed by atoms with Gasteiger partial charge in [0.2, 0.25) is 0 Å². The summed E-state index contributed by atoms with van der Waals surface area (Å²) in [5, 5.41) is 10.5. The molecule has 0 saturated heterocycles. The molecule has 1 fully saturated rings. The van der Waals surface area contributed by atoms with Crippen molar-refractivity contribution < 1.29 is 5.11 Å². The summed E-state index contributed by atoms with van der Waals surface area (Å²) in [7, 11) is 0. The monoisotopic (exact) mass is 224 g/mol. The Bertz CT molecular complexity index is 324. The van der Waals surface area contributed by atoms with Crippen molar-refractivity contribution >= 4 is 11.6 Å². The smallest absolute Gasteiger partial charge is 0.0543 e. The molecule has 1 aliphatic rings. The van der Waals surface area contributed by atoms with E-state index >= 15 is 0 Å². The predicted molar refractivity (Wildman–Crippen MR) is 63.1 cm³/mol. The first-order chi connectivity index (χ1) is 7.25. The lowest BCUT2D eigenvalue weighted by Gasteiger charge is -2.26. The number of aliphatic hydroxyl groups excluding tert-OH is 1. The molecule has 2 rings (SSSR count). The number of hydrogen-bond donors (Lipinski definition) is 1. The lowest BCUT2D eigenvalue weighted by atomic mass is 9.83. The average molecular weight is 225 g/mol. The summed E-state index contributed by atoms with van der Waals surface area (Å²) in [5.41, 5.74) is 1.22. The van der Waals surface area contributed by atoms with Gasteiger partial charge < -0.3 is 5.11 Å². The zero-order valence-electron chi connectivity index (χ0n) is 8.82. The van der Waals surface area contributed by atoms with Crippen LogP contribution in [0.3, 0.4) is 0 Å². The second-order valence-corrected chi connectivity index (χ2v) is 4.89. The van der Waals surface area contributed by atoms with E-state index in [1.807, 2.05) is 18.2 Å². The molecule has 15 heavy (non-hydrogen) atoms. The van der Waals surface area contributed by atoms with Gasteiger partial charge in [-0.05, 0) is 43.2 Å². The molecule has 0 heterocycles. The number of hydrogen-bond acceptors (Lipinski definition) is 1. The molecule has 1 N–H and O–H groups in total. The van der Waals surface area contributed by atoms with Crippen LogP contribution < -0.4 is 0 Å².